The fraction of sp³-hybridized carbons (Fsp3) is 0.562. The Labute approximate surface area is 144 Å². The van der Waals surface area contributed by atoms with E-state index >= 15 is 0 Å². The molecule has 2 N–H and O–H groups in total. The number of carbonyl (C=O) groups excluding carboxylic acids is 1. The topological polar surface area (TPSA) is 75.3 Å². The van der Waals surface area contributed by atoms with Gasteiger partial charge >= 0.3 is 6.18 Å². The third-order valence-electron chi connectivity index (χ3n) is 4.74. The summed E-state index contributed by atoms with van der Waals surface area (Å²) < 4.78 is 66.1. The molecular weight excluding hydrogens is 357 g/mol. The number of anilines is 1. The second-order valence-electron chi connectivity index (χ2n) is 6.59. The van der Waals surface area contributed by atoms with E-state index in [1.165, 1.54) is 18.2 Å². The van der Waals surface area contributed by atoms with Crippen LogP contribution < -0.4 is 10.0 Å². The van der Waals surface area contributed by atoms with E-state index in [4.69, 9.17) is 0 Å². The fourth-order valence-electron chi connectivity index (χ4n) is 3.41. The van der Waals surface area contributed by atoms with E-state index in [0.717, 1.165) is 0 Å². The first-order valence-corrected chi connectivity index (χ1v) is 9.65. The van der Waals surface area contributed by atoms with Crippen LogP contribution in [0.2, 0.25) is 0 Å². The predicted molar refractivity (Wildman–Crippen MR) is 85.5 cm³/mol. The Morgan fingerprint density at radius 2 is 1.92 bits per heavy atom. The Kier molecular flexibility index (Phi) is 4.80. The second kappa shape index (κ2) is 6.60. The normalized spacial score (nSPS) is 24.5. The van der Waals surface area contributed by atoms with Crippen molar-refractivity contribution in [2.45, 2.75) is 55.6 Å². The lowest BCUT2D eigenvalue weighted by Gasteiger charge is -2.30. The van der Waals surface area contributed by atoms with E-state index in [1.807, 2.05) is 0 Å². The molecular formula is C16H19F3N2O3S. The van der Waals surface area contributed by atoms with Gasteiger partial charge in [-0.15, -0.1) is 0 Å². The summed E-state index contributed by atoms with van der Waals surface area (Å²) in [6, 6.07) is 3.62. The number of carbonyl (C=O) groups is 1. The van der Waals surface area contributed by atoms with Crippen LogP contribution in [0.4, 0.5) is 18.9 Å². The lowest BCUT2D eigenvalue weighted by atomic mass is 9.86. The van der Waals surface area contributed by atoms with Crippen molar-refractivity contribution in [1.29, 1.82) is 0 Å². The number of alkyl halides is 3. The zero-order valence-electron chi connectivity index (χ0n) is 13.4. The van der Waals surface area contributed by atoms with Crippen molar-refractivity contribution < 1.29 is 26.4 Å². The second-order valence-corrected chi connectivity index (χ2v) is 8.30. The number of sulfonamides is 1. The summed E-state index contributed by atoms with van der Waals surface area (Å²) in [6.07, 6.45) is -3.04. The summed E-state index contributed by atoms with van der Waals surface area (Å²) in [4.78, 5) is 11.4. The molecule has 1 heterocycles. The standard InChI is InChI=1S/C16H19F3N2O3S/c17-16(18,19)11-2-1-3-12(9-11)21-25(23,24)13-5-6-14-10(8-13)4-7-15(22)20-14/h5-6,8,11-12,21H,1-4,7,9H2,(H,20,22)/t11-,12+/m1/s1. The molecule has 0 radical (unpaired) electrons. The van der Waals surface area contributed by atoms with Crippen LogP contribution in [-0.2, 0) is 21.2 Å². The number of benzene rings is 1. The van der Waals surface area contributed by atoms with Crippen molar-refractivity contribution >= 4 is 21.6 Å². The van der Waals surface area contributed by atoms with E-state index in [0.29, 0.717) is 30.5 Å². The lowest BCUT2D eigenvalue weighted by molar-refractivity contribution is -0.183. The molecule has 1 aliphatic carbocycles. The van der Waals surface area contributed by atoms with E-state index in [9.17, 15) is 26.4 Å². The first-order valence-electron chi connectivity index (χ1n) is 8.17. The average molecular weight is 376 g/mol. The van der Waals surface area contributed by atoms with Gasteiger partial charge in [-0.2, -0.15) is 13.2 Å². The number of hydrogen-bond donors (Lipinski definition) is 2. The van der Waals surface area contributed by atoms with Crippen molar-refractivity contribution in [2.75, 3.05) is 5.32 Å². The molecule has 1 aliphatic heterocycles. The number of nitrogens with one attached hydrogen (secondary N) is 2. The van der Waals surface area contributed by atoms with Gasteiger partial charge in [0.05, 0.1) is 10.8 Å². The van der Waals surface area contributed by atoms with Crippen molar-refractivity contribution in [1.82, 2.24) is 4.72 Å². The number of rotatable bonds is 3. The molecule has 1 amide bonds. The molecule has 1 aromatic carbocycles. The van der Waals surface area contributed by atoms with Gasteiger partial charge in [0.2, 0.25) is 15.9 Å². The maximum absolute atomic E-state index is 12.9. The van der Waals surface area contributed by atoms with Crippen molar-refractivity contribution in [3.8, 4) is 0 Å². The average Bonchev–Trinajstić information content (AvgIpc) is 2.53. The smallest absolute Gasteiger partial charge is 0.326 e. The molecule has 9 heteroatoms. The minimum absolute atomic E-state index is 0.0107. The molecule has 5 nitrogen and oxygen atoms in total. The van der Waals surface area contributed by atoms with Gasteiger partial charge in [-0.05, 0) is 49.4 Å². The lowest BCUT2D eigenvalue weighted by Crippen LogP contribution is -2.41. The van der Waals surface area contributed by atoms with Crippen LogP contribution in [0.1, 0.15) is 37.7 Å². The molecule has 2 aliphatic rings. The van der Waals surface area contributed by atoms with Crippen LogP contribution in [0.15, 0.2) is 23.1 Å². The highest BCUT2D eigenvalue weighted by atomic mass is 32.2. The van der Waals surface area contributed by atoms with Crippen molar-refractivity contribution in [3.05, 3.63) is 23.8 Å². The summed E-state index contributed by atoms with van der Waals surface area (Å²) >= 11 is 0. The minimum Gasteiger partial charge on any atom is -0.326 e. The number of halogens is 3. The molecule has 0 spiro atoms. The van der Waals surface area contributed by atoms with Crippen LogP contribution in [0, 0.1) is 5.92 Å². The molecule has 25 heavy (non-hydrogen) atoms. The van der Waals surface area contributed by atoms with E-state index < -0.39 is 28.2 Å². The maximum atomic E-state index is 12.9. The Bertz CT molecular complexity index is 777. The first-order chi connectivity index (χ1) is 11.6. The molecule has 0 aromatic heterocycles. The quantitative estimate of drug-likeness (QED) is 0.852. The maximum Gasteiger partial charge on any atom is 0.391 e. The van der Waals surface area contributed by atoms with Crippen LogP contribution in [0.25, 0.3) is 0 Å². The molecule has 1 fully saturated rings. The van der Waals surface area contributed by atoms with E-state index in [2.05, 4.69) is 10.0 Å². The van der Waals surface area contributed by atoms with Crippen LogP contribution in [-0.4, -0.2) is 26.5 Å². The van der Waals surface area contributed by atoms with Gasteiger partial charge in [-0.3, -0.25) is 4.79 Å². The van der Waals surface area contributed by atoms with Gasteiger partial charge in [-0.25, -0.2) is 13.1 Å². The fourth-order valence-corrected chi connectivity index (χ4v) is 4.74. The summed E-state index contributed by atoms with van der Waals surface area (Å²) in [5.74, 6) is -1.59. The van der Waals surface area contributed by atoms with Gasteiger partial charge in [0.25, 0.3) is 0 Å². The zero-order valence-corrected chi connectivity index (χ0v) is 14.2. The third-order valence-corrected chi connectivity index (χ3v) is 6.26. The Hall–Kier alpha value is -1.61. The molecule has 0 saturated heterocycles. The summed E-state index contributed by atoms with van der Waals surface area (Å²) in [5.41, 5.74) is 1.28. The number of aryl methyl sites for hydroxylation is 1. The van der Waals surface area contributed by atoms with Crippen LogP contribution in [0.3, 0.4) is 0 Å². The largest absolute Gasteiger partial charge is 0.391 e. The van der Waals surface area contributed by atoms with E-state index in [-0.39, 0.29) is 30.1 Å². The highest BCUT2D eigenvalue weighted by molar-refractivity contribution is 7.89. The van der Waals surface area contributed by atoms with Crippen LogP contribution in [0.5, 0.6) is 0 Å². The SMILES string of the molecule is O=C1CCc2cc(S(=O)(=O)N[C@H]3CCC[C@@H](C(F)(F)F)C3)ccc2N1. The molecule has 1 aromatic rings. The molecule has 138 valence electrons. The number of amides is 1. The Morgan fingerprint density at radius 3 is 2.64 bits per heavy atom. The van der Waals surface area contributed by atoms with Crippen LogP contribution >= 0.6 is 0 Å². The van der Waals surface area contributed by atoms with Crippen molar-refractivity contribution in [2.24, 2.45) is 5.92 Å². The Balaban J connectivity index is 1.75. The summed E-state index contributed by atoms with van der Waals surface area (Å²) in [5, 5.41) is 2.66. The Morgan fingerprint density at radius 1 is 1.16 bits per heavy atom. The number of fused-ring (bicyclic) bond motifs is 1. The summed E-state index contributed by atoms with van der Waals surface area (Å²) in [7, 11) is -3.91. The number of hydrogen-bond acceptors (Lipinski definition) is 3. The van der Waals surface area contributed by atoms with Gasteiger partial charge in [0, 0.05) is 18.2 Å². The zero-order chi connectivity index (χ0) is 18.2. The third kappa shape index (κ3) is 4.14. The van der Waals surface area contributed by atoms with Gasteiger partial charge < -0.3 is 5.32 Å². The van der Waals surface area contributed by atoms with Crippen molar-refractivity contribution in [3.63, 3.8) is 0 Å². The highest BCUT2D eigenvalue weighted by Crippen LogP contribution is 2.38. The molecule has 2 atom stereocenters. The predicted octanol–water partition coefficient (Wildman–Crippen LogP) is 2.97. The van der Waals surface area contributed by atoms with Gasteiger partial charge in [-0.1, -0.05) is 6.42 Å². The highest BCUT2D eigenvalue weighted by Gasteiger charge is 2.42. The first kappa shape index (κ1) is 18.2. The summed E-state index contributed by atoms with van der Waals surface area (Å²) in [6.45, 7) is 0. The molecule has 0 unspecified atom stereocenters. The van der Waals surface area contributed by atoms with Gasteiger partial charge in [0.1, 0.15) is 0 Å². The monoisotopic (exact) mass is 376 g/mol. The van der Waals surface area contributed by atoms with E-state index in [1.54, 1.807) is 0 Å². The molecule has 0 bridgehead atoms. The molecule has 3 rings (SSSR count). The minimum atomic E-state index is -4.30. The molecule has 1 saturated carbocycles. The van der Waals surface area contributed by atoms with Gasteiger partial charge in [0.15, 0.2) is 0 Å².